The van der Waals surface area contributed by atoms with Crippen LogP contribution < -0.4 is 10.1 Å². The number of nitrogens with one attached hydrogen (secondary N) is 1. The minimum Gasteiger partial charge on any atom is -0.496 e. The van der Waals surface area contributed by atoms with Crippen LogP contribution in [-0.4, -0.2) is 26.9 Å². The fourth-order valence-electron chi connectivity index (χ4n) is 2.04. The summed E-state index contributed by atoms with van der Waals surface area (Å²) in [4.78, 5) is 0. The molecule has 0 saturated heterocycles. The summed E-state index contributed by atoms with van der Waals surface area (Å²) in [6, 6.07) is 4.67. The number of rotatable bonds is 9. The highest BCUT2D eigenvalue weighted by Gasteiger charge is 2.16. The minimum absolute atomic E-state index is 0.0486. The zero-order valence-corrected chi connectivity index (χ0v) is 12.0. The van der Waals surface area contributed by atoms with E-state index in [9.17, 15) is 4.39 Å². The van der Waals surface area contributed by atoms with Crippen LogP contribution >= 0.6 is 0 Å². The Morgan fingerprint density at radius 3 is 2.68 bits per heavy atom. The summed E-state index contributed by atoms with van der Waals surface area (Å²) >= 11 is 0. The van der Waals surface area contributed by atoms with Crippen molar-refractivity contribution in [2.45, 2.75) is 32.7 Å². The second-order valence-electron chi connectivity index (χ2n) is 4.40. The SMILES string of the molecule is CCCOCCC(NCC)c1cc(F)ccc1OC. The predicted octanol–water partition coefficient (Wildman–Crippen LogP) is 3.30. The van der Waals surface area contributed by atoms with Crippen LogP contribution in [0.1, 0.15) is 38.3 Å². The fourth-order valence-corrected chi connectivity index (χ4v) is 2.04. The van der Waals surface area contributed by atoms with E-state index in [2.05, 4.69) is 12.2 Å². The van der Waals surface area contributed by atoms with E-state index in [1.807, 2.05) is 6.92 Å². The van der Waals surface area contributed by atoms with Gasteiger partial charge in [-0.1, -0.05) is 13.8 Å². The third kappa shape index (κ3) is 5.17. The van der Waals surface area contributed by atoms with E-state index in [0.717, 1.165) is 31.6 Å². The van der Waals surface area contributed by atoms with Crippen molar-refractivity contribution >= 4 is 0 Å². The molecule has 4 heteroatoms. The van der Waals surface area contributed by atoms with Gasteiger partial charge in [-0.05, 0) is 37.6 Å². The summed E-state index contributed by atoms with van der Waals surface area (Å²) in [7, 11) is 1.60. The molecule has 1 aromatic carbocycles. The average molecular weight is 269 g/mol. The molecule has 0 aliphatic rings. The molecule has 3 nitrogen and oxygen atoms in total. The number of methoxy groups -OCH3 is 1. The van der Waals surface area contributed by atoms with Gasteiger partial charge in [0.15, 0.2) is 0 Å². The molecular weight excluding hydrogens is 245 g/mol. The Labute approximate surface area is 115 Å². The van der Waals surface area contributed by atoms with Gasteiger partial charge < -0.3 is 14.8 Å². The topological polar surface area (TPSA) is 30.5 Å². The molecule has 1 unspecified atom stereocenters. The van der Waals surface area contributed by atoms with Crippen LogP contribution in [0, 0.1) is 5.82 Å². The summed E-state index contributed by atoms with van der Waals surface area (Å²) in [6.45, 7) is 6.35. The smallest absolute Gasteiger partial charge is 0.123 e. The third-order valence-electron chi connectivity index (χ3n) is 2.92. The van der Waals surface area contributed by atoms with Gasteiger partial charge >= 0.3 is 0 Å². The number of benzene rings is 1. The van der Waals surface area contributed by atoms with Gasteiger partial charge in [-0.3, -0.25) is 0 Å². The number of hydrogen-bond acceptors (Lipinski definition) is 3. The first kappa shape index (κ1) is 15.9. The van der Waals surface area contributed by atoms with E-state index in [4.69, 9.17) is 9.47 Å². The second kappa shape index (κ2) is 8.88. The summed E-state index contributed by atoms with van der Waals surface area (Å²) in [6.07, 6.45) is 1.81. The van der Waals surface area contributed by atoms with E-state index in [1.54, 1.807) is 13.2 Å². The number of ether oxygens (including phenoxy) is 2. The first-order chi connectivity index (χ1) is 9.22. The second-order valence-corrected chi connectivity index (χ2v) is 4.40. The van der Waals surface area contributed by atoms with E-state index < -0.39 is 0 Å². The summed E-state index contributed by atoms with van der Waals surface area (Å²) in [5.41, 5.74) is 0.851. The summed E-state index contributed by atoms with van der Waals surface area (Å²) in [5.74, 6) is 0.469. The summed E-state index contributed by atoms with van der Waals surface area (Å²) in [5, 5.41) is 3.35. The van der Waals surface area contributed by atoms with Crippen molar-refractivity contribution in [2.24, 2.45) is 0 Å². The Kier molecular flexibility index (Phi) is 7.45. The van der Waals surface area contributed by atoms with E-state index >= 15 is 0 Å². The first-order valence-electron chi connectivity index (χ1n) is 6.87. The van der Waals surface area contributed by atoms with E-state index in [0.29, 0.717) is 12.4 Å². The lowest BCUT2D eigenvalue weighted by Gasteiger charge is -2.20. The van der Waals surface area contributed by atoms with Gasteiger partial charge in [0.05, 0.1) is 7.11 Å². The zero-order chi connectivity index (χ0) is 14.1. The third-order valence-corrected chi connectivity index (χ3v) is 2.92. The minimum atomic E-state index is -0.242. The van der Waals surface area contributed by atoms with Gasteiger partial charge in [0.2, 0.25) is 0 Å². The zero-order valence-electron chi connectivity index (χ0n) is 12.0. The molecular formula is C15H24FNO2. The Bertz CT molecular complexity index is 371. The van der Waals surface area contributed by atoms with Crippen LogP contribution in [0.15, 0.2) is 18.2 Å². The van der Waals surface area contributed by atoms with E-state index in [-0.39, 0.29) is 11.9 Å². The molecule has 0 spiro atoms. The Morgan fingerprint density at radius 2 is 2.05 bits per heavy atom. The number of halogens is 1. The van der Waals surface area contributed by atoms with Crippen molar-refractivity contribution in [3.8, 4) is 5.75 Å². The van der Waals surface area contributed by atoms with Gasteiger partial charge in [-0.25, -0.2) is 4.39 Å². The molecule has 108 valence electrons. The standard InChI is InChI=1S/C15H24FNO2/c1-4-9-19-10-8-14(17-5-2)13-11-12(16)6-7-15(13)18-3/h6-7,11,14,17H,4-5,8-10H2,1-3H3. The maximum Gasteiger partial charge on any atom is 0.123 e. The molecule has 0 aliphatic heterocycles. The molecule has 0 heterocycles. The van der Waals surface area contributed by atoms with Gasteiger partial charge in [0.1, 0.15) is 11.6 Å². The van der Waals surface area contributed by atoms with Crippen molar-refractivity contribution in [3.05, 3.63) is 29.6 Å². The van der Waals surface area contributed by atoms with Gasteiger partial charge in [0.25, 0.3) is 0 Å². The van der Waals surface area contributed by atoms with Crippen molar-refractivity contribution in [1.82, 2.24) is 5.32 Å². The van der Waals surface area contributed by atoms with Crippen molar-refractivity contribution in [3.63, 3.8) is 0 Å². The molecule has 0 radical (unpaired) electrons. The normalized spacial score (nSPS) is 12.4. The van der Waals surface area contributed by atoms with Gasteiger partial charge in [0, 0.05) is 24.8 Å². The Hall–Kier alpha value is -1.13. The van der Waals surface area contributed by atoms with Crippen LogP contribution in [-0.2, 0) is 4.74 Å². The van der Waals surface area contributed by atoms with Crippen LogP contribution in [0.4, 0.5) is 4.39 Å². The molecule has 1 atom stereocenters. The summed E-state index contributed by atoms with van der Waals surface area (Å²) < 4.78 is 24.2. The molecule has 1 aromatic rings. The molecule has 0 aliphatic carbocycles. The molecule has 0 amide bonds. The Balaban J connectivity index is 2.76. The Morgan fingerprint density at radius 1 is 1.26 bits per heavy atom. The van der Waals surface area contributed by atoms with Crippen molar-refractivity contribution < 1.29 is 13.9 Å². The molecule has 0 fully saturated rings. The van der Waals surface area contributed by atoms with E-state index in [1.165, 1.54) is 12.1 Å². The lowest BCUT2D eigenvalue weighted by molar-refractivity contribution is 0.124. The molecule has 0 bridgehead atoms. The largest absolute Gasteiger partial charge is 0.496 e. The average Bonchev–Trinajstić information content (AvgIpc) is 2.42. The maximum atomic E-state index is 13.4. The molecule has 1 N–H and O–H groups in total. The quantitative estimate of drug-likeness (QED) is 0.698. The monoisotopic (exact) mass is 269 g/mol. The predicted molar refractivity (Wildman–Crippen MR) is 75.1 cm³/mol. The number of hydrogen-bond donors (Lipinski definition) is 1. The van der Waals surface area contributed by atoms with Crippen molar-refractivity contribution in [2.75, 3.05) is 26.9 Å². The molecule has 0 saturated carbocycles. The lowest BCUT2D eigenvalue weighted by Crippen LogP contribution is -2.23. The van der Waals surface area contributed by atoms with Crippen LogP contribution in [0.5, 0.6) is 5.75 Å². The first-order valence-corrected chi connectivity index (χ1v) is 6.87. The fraction of sp³-hybridized carbons (Fsp3) is 0.600. The highest BCUT2D eigenvalue weighted by atomic mass is 19.1. The molecule has 19 heavy (non-hydrogen) atoms. The van der Waals surface area contributed by atoms with Crippen LogP contribution in [0.25, 0.3) is 0 Å². The maximum absolute atomic E-state index is 13.4. The van der Waals surface area contributed by atoms with Gasteiger partial charge in [-0.15, -0.1) is 0 Å². The highest BCUT2D eigenvalue weighted by Crippen LogP contribution is 2.28. The van der Waals surface area contributed by atoms with Crippen LogP contribution in [0.3, 0.4) is 0 Å². The molecule has 0 aromatic heterocycles. The van der Waals surface area contributed by atoms with Crippen LogP contribution in [0.2, 0.25) is 0 Å². The highest BCUT2D eigenvalue weighted by molar-refractivity contribution is 5.36. The van der Waals surface area contributed by atoms with Crippen molar-refractivity contribution in [1.29, 1.82) is 0 Å². The molecule has 1 rings (SSSR count). The lowest BCUT2D eigenvalue weighted by atomic mass is 10.0. The van der Waals surface area contributed by atoms with Gasteiger partial charge in [-0.2, -0.15) is 0 Å².